The number of ether oxygens (including phenoxy) is 1. The first-order valence-electron chi connectivity index (χ1n) is 10.8. The van der Waals surface area contributed by atoms with E-state index in [0.29, 0.717) is 21.8 Å². The molecule has 6 nitrogen and oxygen atoms in total. The highest BCUT2D eigenvalue weighted by atomic mass is 35.5. The monoisotopic (exact) mass is 492 g/mol. The summed E-state index contributed by atoms with van der Waals surface area (Å²) in [5.74, 6) is 1.09. The van der Waals surface area contributed by atoms with E-state index in [-0.39, 0.29) is 12.5 Å². The molecule has 3 aromatic carbocycles. The van der Waals surface area contributed by atoms with Gasteiger partial charge in [-0.25, -0.2) is 0 Å². The predicted molar refractivity (Wildman–Crippen MR) is 136 cm³/mol. The third-order valence-electron chi connectivity index (χ3n) is 5.33. The highest BCUT2D eigenvalue weighted by molar-refractivity contribution is 8.00. The van der Waals surface area contributed by atoms with Crippen molar-refractivity contribution in [1.82, 2.24) is 14.8 Å². The van der Waals surface area contributed by atoms with E-state index in [4.69, 9.17) is 16.3 Å². The quantitative estimate of drug-likeness (QED) is 0.299. The number of halogens is 1. The zero-order valence-electron chi connectivity index (χ0n) is 19.2. The molecular weight excluding hydrogens is 468 g/mol. The Morgan fingerprint density at radius 2 is 1.79 bits per heavy atom. The highest BCUT2D eigenvalue weighted by Gasteiger charge is 2.25. The topological polar surface area (TPSA) is 69.0 Å². The number of hydrogen-bond acceptors (Lipinski definition) is 5. The summed E-state index contributed by atoms with van der Waals surface area (Å²) in [6.07, 6.45) is 0. The van der Waals surface area contributed by atoms with E-state index in [1.54, 1.807) is 12.1 Å². The Morgan fingerprint density at radius 1 is 1.06 bits per heavy atom. The van der Waals surface area contributed by atoms with Crippen molar-refractivity contribution in [2.75, 3.05) is 5.32 Å². The lowest BCUT2D eigenvalue weighted by Gasteiger charge is -2.18. The second-order valence-electron chi connectivity index (χ2n) is 7.89. The summed E-state index contributed by atoms with van der Waals surface area (Å²) in [6, 6.07) is 23.0. The van der Waals surface area contributed by atoms with Crippen molar-refractivity contribution in [3.05, 3.63) is 100 Å². The number of aryl methyl sites for hydroxylation is 2. The number of carbonyl (C=O) groups is 1. The van der Waals surface area contributed by atoms with Crippen LogP contribution in [-0.2, 0) is 18.4 Å². The molecule has 4 aromatic rings. The van der Waals surface area contributed by atoms with Gasteiger partial charge in [-0.05, 0) is 48.7 Å². The first-order chi connectivity index (χ1) is 16.4. The van der Waals surface area contributed by atoms with E-state index < -0.39 is 5.25 Å². The van der Waals surface area contributed by atoms with Crippen molar-refractivity contribution >= 4 is 35.0 Å². The number of anilines is 1. The lowest BCUT2D eigenvalue weighted by molar-refractivity contribution is -0.115. The molecule has 1 N–H and O–H groups in total. The molecule has 1 atom stereocenters. The molecule has 0 bridgehead atoms. The molecule has 0 fully saturated rings. The number of nitrogens with one attached hydrogen (secondary N) is 1. The van der Waals surface area contributed by atoms with Gasteiger partial charge < -0.3 is 14.6 Å². The van der Waals surface area contributed by atoms with Crippen LogP contribution >= 0.6 is 23.4 Å². The Bertz CT molecular complexity index is 1290. The highest BCUT2D eigenvalue weighted by Crippen LogP contribution is 2.36. The molecule has 0 saturated heterocycles. The molecule has 8 heteroatoms. The minimum atomic E-state index is -0.513. The normalized spacial score (nSPS) is 11.8. The molecule has 1 amide bonds. The average Bonchev–Trinajstić information content (AvgIpc) is 3.18. The van der Waals surface area contributed by atoms with E-state index in [0.717, 1.165) is 22.4 Å². The van der Waals surface area contributed by atoms with Crippen LogP contribution in [0.1, 0.15) is 27.8 Å². The Balaban J connectivity index is 1.55. The summed E-state index contributed by atoms with van der Waals surface area (Å²) in [7, 11) is 1.86. The van der Waals surface area contributed by atoms with Gasteiger partial charge in [0.25, 0.3) is 0 Å². The van der Waals surface area contributed by atoms with Gasteiger partial charge in [0.15, 0.2) is 11.0 Å². The molecule has 0 unspecified atom stereocenters. The van der Waals surface area contributed by atoms with Gasteiger partial charge in [0.2, 0.25) is 5.91 Å². The number of carbonyl (C=O) groups excluding carboxylic acids is 1. The zero-order chi connectivity index (χ0) is 24.1. The Hall–Kier alpha value is -3.29. The van der Waals surface area contributed by atoms with E-state index in [2.05, 4.69) is 15.5 Å². The van der Waals surface area contributed by atoms with Gasteiger partial charge in [0.05, 0.1) is 5.02 Å². The maximum absolute atomic E-state index is 13.4. The molecule has 0 saturated carbocycles. The zero-order valence-corrected chi connectivity index (χ0v) is 20.7. The van der Waals surface area contributed by atoms with Gasteiger partial charge in [0.1, 0.15) is 17.6 Å². The number of amides is 1. The molecule has 4 rings (SSSR count). The van der Waals surface area contributed by atoms with E-state index in [1.165, 1.54) is 11.8 Å². The van der Waals surface area contributed by atoms with Gasteiger partial charge >= 0.3 is 0 Å². The molecule has 0 aliphatic carbocycles. The van der Waals surface area contributed by atoms with Gasteiger partial charge in [0, 0.05) is 12.7 Å². The summed E-state index contributed by atoms with van der Waals surface area (Å²) in [4.78, 5) is 13.4. The van der Waals surface area contributed by atoms with Crippen LogP contribution in [0.15, 0.2) is 78.0 Å². The van der Waals surface area contributed by atoms with Crippen LogP contribution in [-0.4, -0.2) is 20.7 Å². The number of hydrogen-bond donors (Lipinski definition) is 1. The van der Waals surface area contributed by atoms with Gasteiger partial charge in [-0.3, -0.25) is 4.79 Å². The van der Waals surface area contributed by atoms with Crippen LogP contribution in [0.3, 0.4) is 0 Å². The minimum absolute atomic E-state index is 0.123. The summed E-state index contributed by atoms with van der Waals surface area (Å²) >= 11 is 7.53. The fourth-order valence-corrected chi connectivity index (χ4v) is 4.56. The molecule has 1 heterocycles. The number of benzene rings is 3. The van der Waals surface area contributed by atoms with Gasteiger partial charge in [-0.15, -0.1) is 10.2 Å². The molecule has 174 valence electrons. The molecule has 0 aliphatic rings. The van der Waals surface area contributed by atoms with Crippen LogP contribution < -0.4 is 10.1 Å². The number of rotatable bonds is 8. The summed E-state index contributed by atoms with van der Waals surface area (Å²) in [6.45, 7) is 4.19. The molecule has 1 aromatic heterocycles. The largest absolute Gasteiger partial charge is 0.484 e. The van der Waals surface area contributed by atoms with Crippen LogP contribution in [0.5, 0.6) is 5.75 Å². The van der Waals surface area contributed by atoms with Crippen molar-refractivity contribution in [3.63, 3.8) is 0 Å². The van der Waals surface area contributed by atoms with Crippen molar-refractivity contribution in [3.8, 4) is 5.75 Å². The number of para-hydroxylation sites is 1. The van der Waals surface area contributed by atoms with Crippen molar-refractivity contribution < 1.29 is 9.53 Å². The lowest BCUT2D eigenvalue weighted by Crippen LogP contribution is -2.20. The Morgan fingerprint density at radius 3 is 2.56 bits per heavy atom. The van der Waals surface area contributed by atoms with Gasteiger partial charge in [-0.1, -0.05) is 78.0 Å². The minimum Gasteiger partial charge on any atom is -0.484 e. The molecule has 0 radical (unpaired) electrons. The van der Waals surface area contributed by atoms with E-state index >= 15 is 0 Å². The third kappa shape index (κ3) is 5.61. The number of aromatic nitrogens is 3. The fourth-order valence-electron chi connectivity index (χ4n) is 3.35. The summed E-state index contributed by atoms with van der Waals surface area (Å²) < 4.78 is 7.65. The second-order valence-corrected chi connectivity index (χ2v) is 9.37. The molecule has 0 aliphatic heterocycles. The maximum atomic E-state index is 13.4. The Kier molecular flexibility index (Phi) is 7.55. The number of thioether (sulfide) groups is 1. The smallest absolute Gasteiger partial charge is 0.242 e. The first-order valence-corrected chi connectivity index (χ1v) is 12.0. The first kappa shape index (κ1) is 23.9. The predicted octanol–water partition coefficient (Wildman–Crippen LogP) is 6.14. The van der Waals surface area contributed by atoms with E-state index in [1.807, 2.05) is 86.1 Å². The molecule has 34 heavy (non-hydrogen) atoms. The Labute approximate surface area is 208 Å². The van der Waals surface area contributed by atoms with Crippen LogP contribution in [0, 0.1) is 13.8 Å². The maximum Gasteiger partial charge on any atom is 0.242 e. The second kappa shape index (κ2) is 10.8. The average molecular weight is 493 g/mol. The van der Waals surface area contributed by atoms with Crippen molar-refractivity contribution in [1.29, 1.82) is 0 Å². The van der Waals surface area contributed by atoms with Crippen molar-refractivity contribution in [2.24, 2.45) is 7.05 Å². The number of nitrogens with zero attached hydrogens (tertiary/aromatic N) is 3. The van der Waals surface area contributed by atoms with Crippen LogP contribution in [0.25, 0.3) is 0 Å². The third-order valence-corrected chi connectivity index (χ3v) is 6.93. The summed E-state index contributed by atoms with van der Waals surface area (Å²) in [5, 5.41) is 12.3. The lowest BCUT2D eigenvalue weighted by atomic mass is 10.1. The molecule has 0 spiro atoms. The molecular formula is C26H25ClN4O2S. The summed E-state index contributed by atoms with van der Waals surface area (Å²) in [5.41, 5.74) is 3.78. The fraction of sp³-hybridized carbons (Fsp3) is 0.192. The standard InChI is InChI=1S/C26H25ClN4O2S/c1-17-13-14-18(2)21(15-17)28-25(32)24(19-9-5-4-6-10-19)34-26-30-29-23(31(26)3)16-33-22-12-8-7-11-20(22)27/h4-15,24H,16H2,1-3H3,(H,28,32)/t24-/m0/s1. The SMILES string of the molecule is Cc1ccc(C)c(NC(=O)[C@@H](Sc2nnc(COc3ccccc3Cl)n2C)c2ccccc2)c1. The van der Waals surface area contributed by atoms with Crippen LogP contribution in [0.4, 0.5) is 5.69 Å². The van der Waals surface area contributed by atoms with Crippen LogP contribution in [0.2, 0.25) is 5.02 Å². The van der Waals surface area contributed by atoms with Crippen molar-refractivity contribution in [2.45, 2.75) is 30.9 Å². The van der Waals surface area contributed by atoms with Gasteiger partial charge in [-0.2, -0.15) is 0 Å². The van der Waals surface area contributed by atoms with E-state index in [9.17, 15) is 4.79 Å².